The molecular weight excluding hydrogens is 510 g/mol. The van der Waals surface area contributed by atoms with E-state index in [9.17, 15) is 9.59 Å². The first-order chi connectivity index (χ1) is 14.9. The van der Waals surface area contributed by atoms with Crippen molar-refractivity contribution in [2.45, 2.75) is 51.6 Å². The van der Waals surface area contributed by atoms with Crippen LogP contribution in [0.25, 0.3) is 0 Å². The predicted octanol–water partition coefficient (Wildman–Crippen LogP) is 6.87. The third-order valence-electron chi connectivity index (χ3n) is 4.52. The van der Waals surface area contributed by atoms with Crippen molar-refractivity contribution >= 4 is 70.0 Å². The summed E-state index contributed by atoms with van der Waals surface area (Å²) in [5.74, 6) is 0.307. The van der Waals surface area contributed by atoms with Gasteiger partial charge in [-0.25, -0.2) is 0 Å². The third-order valence-corrected chi connectivity index (χ3v) is 6.66. The van der Waals surface area contributed by atoms with Crippen LogP contribution in [0.2, 0.25) is 20.1 Å². The van der Waals surface area contributed by atoms with Crippen LogP contribution in [0.1, 0.15) is 38.8 Å². The lowest BCUT2D eigenvalue weighted by Crippen LogP contribution is -2.52. The summed E-state index contributed by atoms with van der Waals surface area (Å²) >= 11 is 25.9. The van der Waals surface area contributed by atoms with Crippen LogP contribution in [0.4, 0.5) is 0 Å². The van der Waals surface area contributed by atoms with Crippen LogP contribution in [0.15, 0.2) is 36.4 Å². The molecule has 0 unspecified atom stereocenters. The van der Waals surface area contributed by atoms with Crippen molar-refractivity contribution in [2.75, 3.05) is 5.75 Å². The van der Waals surface area contributed by atoms with Gasteiger partial charge in [0.1, 0.15) is 6.04 Å². The Balaban J connectivity index is 2.16. The molecule has 0 radical (unpaired) electrons. The molecule has 0 saturated carbocycles. The maximum atomic E-state index is 13.2. The van der Waals surface area contributed by atoms with Gasteiger partial charge in [0, 0.05) is 37.9 Å². The van der Waals surface area contributed by atoms with Crippen molar-refractivity contribution < 1.29 is 9.59 Å². The van der Waals surface area contributed by atoms with Crippen molar-refractivity contribution in [1.82, 2.24) is 10.2 Å². The zero-order valence-corrected chi connectivity index (χ0v) is 22.2. The van der Waals surface area contributed by atoms with Gasteiger partial charge in [-0.2, -0.15) is 0 Å². The van der Waals surface area contributed by atoms with Gasteiger partial charge in [0.15, 0.2) is 0 Å². The number of nitrogens with zero attached hydrogens (tertiary/aromatic N) is 1. The average molecular weight is 536 g/mol. The summed E-state index contributed by atoms with van der Waals surface area (Å²) in [4.78, 5) is 27.5. The highest BCUT2D eigenvalue weighted by Crippen LogP contribution is 2.26. The summed E-state index contributed by atoms with van der Waals surface area (Å²) in [5.41, 5.74) is 1.18. The molecule has 32 heavy (non-hydrogen) atoms. The van der Waals surface area contributed by atoms with E-state index in [4.69, 9.17) is 46.4 Å². The van der Waals surface area contributed by atoms with E-state index in [1.807, 2.05) is 26.8 Å². The lowest BCUT2D eigenvalue weighted by molar-refractivity contribution is -0.139. The van der Waals surface area contributed by atoms with Crippen LogP contribution >= 0.6 is 58.2 Å². The van der Waals surface area contributed by atoms with E-state index in [0.717, 1.165) is 5.56 Å². The summed E-state index contributed by atoms with van der Waals surface area (Å²) in [7, 11) is 0. The van der Waals surface area contributed by atoms with Crippen LogP contribution < -0.4 is 5.32 Å². The molecular formula is C23H26Cl4N2O2S. The second-order valence-corrected chi connectivity index (χ2v) is 11.1. The quantitative estimate of drug-likeness (QED) is 0.401. The number of rotatable bonds is 8. The van der Waals surface area contributed by atoms with E-state index in [1.165, 1.54) is 16.7 Å². The molecule has 0 fully saturated rings. The number of amides is 2. The number of benzene rings is 2. The summed E-state index contributed by atoms with van der Waals surface area (Å²) in [6.07, 6.45) is 0. The number of halogens is 4. The molecule has 1 atom stereocenters. The van der Waals surface area contributed by atoms with E-state index < -0.39 is 11.6 Å². The molecule has 0 bridgehead atoms. The Kier molecular flexibility index (Phi) is 10.0. The van der Waals surface area contributed by atoms with Gasteiger partial charge in [-0.1, -0.05) is 58.5 Å². The highest BCUT2D eigenvalue weighted by molar-refractivity contribution is 7.99. The Morgan fingerprint density at radius 2 is 1.50 bits per heavy atom. The first kappa shape index (κ1) is 27.1. The molecule has 0 saturated heterocycles. The minimum absolute atomic E-state index is 0.178. The zero-order chi connectivity index (χ0) is 24.1. The lowest BCUT2D eigenvalue weighted by Gasteiger charge is -2.31. The Morgan fingerprint density at radius 1 is 0.969 bits per heavy atom. The number of carbonyl (C=O) groups is 2. The summed E-state index contributed by atoms with van der Waals surface area (Å²) < 4.78 is 0. The number of hydrogen-bond donors (Lipinski definition) is 1. The van der Waals surface area contributed by atoms with Crippen molar-refractivity contribution in [3.05, 3.63) is 67.6 Å². The number of carbonyl (C=O) groups excluding carboxylic acids is 2. The third kappa shape index (κ3) is 8.35. The van der Waals surface area contributed by atoms with Crippen LogP contribution in [-0.4, -0.2) is 34.0 Å². The number of nitrogens with one attached hydrogen (secondary N) is 1. The van der Waals surface area contributed by atoms with Crippen molar-refractivity contribution in [3.8, 4) is 0 Å². The van der Waals surface area contributed by atoms with Gasteiger partial charge in [0.2, 0.25) is 11.8 Å². The van der Waals surface area contributed by atoms with Gasteiger partial charge in [-0.15, -0.1) is 11.8 Å². The van der Waals surface area contributed by atoms with E-state index >= 15 is 0 Å². The SMILES string of the molecule is C[C@H](C(=O)NC(C)(C)C)N(Cc1ccc(Cl)cc1Cl)C(=O)CSCc1ccc(Cl)cc1Cl. The fraction of sp³-hybridized carbons (Fsp3) is 0.391. The molecule has 0 heterocycles. The van der Waals surface area contributed by atoms with Crippen LogP contribution in [0.3, 0.4) is 0 Å². The molecule has 4 nitrogen and oxygen atoms in total. The molecule has 9 heteroatoms. The molecule has 0 spiro atoms. The van der Waals surface area contributed by atoms with Crippen molar-refractivity contribution in [3.63, 3.8) is 0 Å². The summed E-state index contributed by atoms with van der Waals surface area (Å²) in [6, 6.07) is 9.69. The van der Waals surface area contributed by atoms with Crippen molar-refractivity contribution in [2.24, 2.45) is 0 Å². The highest BCUT2D eigenvalue weighted by atomic mass is 35.5. The van der Waals surface area contributed by atoms with E-state index in [-0.39, 0.29) is 24.1 Å². The second-order valence-electron chi connectivity index (χ2n) is 8.40. The number of thioether (sulfide) groups is 1. The number of hydrogen-bond acceptors (Lipinski definition) is 3. The minimum atomic E-state index is -0.687. The molecule has 0 aliphatic carbocycles. The first-order valence-electron chi connectivity index (χ1n) is 9.94. The molecule has 0 aliphatic heterocycles. The first-order valence-corrected chi connectivity index (χ1v) is 12.6. The van der Waals surface area contributed by atoms with Gasteiger partial charge >= 0.3 is 0 Å². The van der Waals surface area contributed by atoms with E-state index in [2.05, 4.69) is 5.32 Å². The Hall–Kier alpha value is -1.11. The summed E-state index contributed by atoms with van der Waals surface area (Å²) in [6.45, 7) is 7.59. The van der Waals surface area contributed by atoms with E-state index in [0.29, 0.717) is 31.4 Å². The van der Waals surface area contributed by atoms with Gasteiger partial charge in [-0.3, -0.25) is 9.59 Å². The minimum Gasteiger partial charge on any atom is -0.350 e. The monoisotopic (exact) mass is 534 g/mol. The van der Waals surface area contributed by atoms with Gasteiger partial charge in [0.05, 0.1) is 5.75 Å². The largest absolute Gasteiger partial charge is 0.350 e. The Bertz CT molecular complexity index is 979. The van der Waals surface area contributed by atoms with Gasteiger partial charge in [0.25, 0.3) is 0 Å². The standard InChI is InChI=1S/C23H26Cl4N2O2S/c1-14(22(31)28-23(2,3)4)29(11-15-5-7-17(24)9-19(15)26)21(30)13-32-12-16-6-8-18(25)10-20(16)27/h5-10,14H,11-13H2,1-4H3,(H,28,31)/t14-/m1/s1. The fourth-order valence-electron chi connectivity index (χ4n) is 2.86. The van der Waals surface area contributed by atoms with Crippen molar-refractivity contribution in [1.29, 1.82) is 0 Å². The molecule has 0 aromatic heterocycles. The Morgan fingerprint density at radius 3 is 2.00 bits per heavy atom. The zero-order valence-electron chi connectivity index (χ0n) is 18.3. The molecule has 2 aromatic rings. The van der Waals surface area contributed by atoms with Crippen LogP contribution in [0.5, 0.6) is 0 Å². The maximum absolute atomic E-state index is 13.2. The second kappa shape index (κ2) is 11.8. The van der Waals surface area contributed by atoms with E-state index in [1.54, 1.807) is 37.3 Å². The topological polar surface area (TPSA) is 49.4 Å². The molecule has 0 aliphatic rings. The molecule has 2 amide bonds. The summed E-state index contributed by atoms with van der Waals surface area (Å²) in [5, 5.41) is 5.00. The van der Waals surface area contributed by atoms with Crippen LogP contribution in [0, 0.1) is 0 Å². The van der Waals surface area contributed by atoms with Gasteiger partial charge in [-0.05, 0) is 63.1 Å². The predicted molar refractivity (Wildman–Crippen MR) is 137 cm³/mol. The van der Waals surface area contributed by atoms with Gasteiger partial charge < -0.3 is 10.2 Å². The maximum Gasteiger partial charge on any atom is 0.242 e. The fourth-order valence-corrected chi connectivity index (χ4v) is 4.80. The Labute approximate surface area is 213 Å². The average Bonchev–Trinajstić information content (AvgIpc) is 2.67. The molecule has 174 valence electrons. The molecule has 1 N–H and O–H groups in total. The normalized spacial score (nSPS) is 12.4. The lowest BCUT2D eigenvalue weighted by atomic mass is 10.1. The smallest absolute Gasteiger partial charge is 0.242 e. The molecule has 2 aromatic carbocycles. The van der Waals surface area contributed by atoms with Crippen LogP contribution in [-0.2, 0) is 21.9 Å². The highest BCUT2D eigenvalue weighted by Gasteiger charge is 2.28. The molecule has 2 rings (SSSR count).